The quantitative estimate of drug-likeness (QED) is 0.764. The molecule has 5 nitrogen and oxygen atoms in total. The van der Waals surface area contributed by atoms with E-state index in [4.69, 9.17) is 0 Å². The van der Waals surface area contributed by atoms with Crippen LogP contribution >= 0.6 is 0 Å². The van der Waals surface area contributed by atoms with Gasteiger partial charge in [0.1, 0.15) is 0 Å². The maximum absolute atomic E-state index is 11.7. The van der Waals surface area contributed by atoms with Gasteiger partial charge in [-0.15, -0.1) is 0 Å². The first-order valence-electron chi connectivity index (χ1n) is 8.75. The lowest BCUT2D eigenvalue weighted by Gasteiger charge is -2.36. The van der Waals surface area contributed by atoms with Crippen molar-refractivity contribution in [3.05, 3.63) is 29.8 Å². The second kappa shape index (κ2) is 7.79. The molecule has 3 rings (SSSR count). The van der Waals surface area contributed by atoms with Gasteiger partial charge in [-0.25, -0.2) is 0 Å². The Hall–Kier alpha value is -1.59. The van der Waals surface area contributed by atoms with E-state index in [1.165, 1.54) is 11.3 Å². The summed E-state index contributed by atoms with van der Waals surface area (Å²) < 4.78 is 0. The fourth-order valence-corrected chi connectivity index (χ4v) is 3.19. The number of benzene rings is 1. The van der Waals surface area contributed by atoms with Gasteiger partial charge in [-0.3, -0.25) is 9.69 Å². The van der Waals surface area contributed by atoms with Gasteiger partial charge in [-0.1, -0.05) is 12.1 Å². The normalized spacial score (nSPS) is 19.4. The first-order chi connectivity index (χ1) is 11.2. The van der Waals surface area contributed by atoms with Gasteiger partial charge in [0, 0.05) is 51.5 Å². The summed E-state index contributed by atoms with van der Waals surface area (Å²) in [4.78, 5) is 16.7. The molecule has 2 saturated heterocycles. The Balaban J connectivity index is 1.32. The highest BCUT2D eigenvalue weighted by molar-refractivity contribution is 5.79. The molecule has 0 saturated carbocycles. The fourth-order valence-electron chi connectivity index (χ4n) is 3.19. The number of carbonyl (C=O) groups is 1. The minimum absolute atomic E-state index is 0.202. The van der Waals surface area contributed by atoms with Crippen LogP contribution in [0.25, 0.3) is 0 Å². The van der Waals surface area contributed by atoms with E-state index in [9.17, 15) is 4.79 Å². The minimum Gasteiger partial charge on any atom is -0.369 e. The molecule has 0 spiro atoms. The largest absolute Gasteiger partial charge is 0.369 e. The second-order valence-electron chi connectivity index (χ2n) is 6.67. The van der Waals surface area contributed by atoms with Crippen molar-refractivity contribution < 1.29 is 4.79 Å². The Morgan fingerprint density at radius 1 is 1.26 bits per heavy atom. The van der Waals surface area contributed by atoms with Gasteiger partial charge in [0.25, 0.3) is 0 Å². The summed E-state index contributed by atoms with van der Waals surface area (Å²) >= 11 is 0. The van der Waals surface area contributed by atoms with Crippen molar-refractivity contribution in [2.75, 3.05) is 57.3 Å². The molecular formula is C18H28N4O. The highest BCUT2D eigenvalue weighted by Crippen LogP contribution is 2.17. The summed E-state index contributed by atoms with van der Waals surface area (Å²) in [5.74, 6) is 0.417. The summed E-state index contributed by atoms with van der Waals surface area (Å²) in [6.45, 7) is 10.1. The van der Waals surface area contributed by atoms with Crippen LogP contribution < -0.4 is 15.5 Å². The molecule has 126 valence electrons. The SMILES string of the molecule is Cc1cccc(N2CCN(CCCNC(=O)C3CNC3)CC2)c1. The first kappa shape index (κ1) is 16.3. The van der Waals surface area contributed by atoms with Crippen LogP contribution in [0.3, 0.4) is 0 Å². The highest BCUT2D eigenvalue weighted by atomic mass is 16.2. The van der Waals surface area contributed by atoms with Gasteiger partial charge in [0.2, 0.25) is 5.91 Å². The van der Waals surface area contributed by atoms with E-state index in [1.54, 1.807) is 0 Å². The van der Waals surface area contributed by atoms with Crippen LogP contribution in [0.1, 0.15) is 12.0 Å². The maximum Gasteiger partial charge on any atom is 0.225 e. The molecule has 0 aliphatic carbocycles. The van der Waals surface area contributed by atoms with E-state index in [-0.39, 0.29) is 11.8 Å². The summed E-state index contributed by atoms with van der Waals surface area (Å²) in [5.41, 5.74) is 2.66. The molecule has 1 amide bonds. The van der Waals surface area contributed by atoms with Crippen LogP contribution in [0.4, 0.5) is 5.69 Å². The van der Waals surface area contributed by atoms with Gasteiger partial charge < -0.3 is 15.5 Å². The lowest BCUT2D eigenvalue weighted by molar-refractivity contribution is -0.126. The van der Waals surface area contributed by atoms with E-state index in [1.807, 2.05) is 0 Å². The average molecular weight is 316 g/mol. The summed E-state index contributed by atoms with van der Waals surface area (Å²) in [7, 11) is 0. The zero-order valence-electron chi connectivity index (χ0n) is 14.1. The topological polar surface area (TPSA) is 47.6 Å². The van der Waals surface area contributed by atoms with Gasteiger partial charge in [0.05, 0.1) is 5.92 Å². The number of amides is 1. The third-order valence-electron chi connectivity index (χ3n) is 4.84. The lowest BCUT2D eigenvalue weighted by Crippen LogP contribution is -2.51. The van der Waals surface area contributed by atoms with Crippen LogP contribution in [0.5, 0.6) is 0 Å². The predicted octanol–water partition coefficient (Wildman–Crippen LogP) is 0.843. The van der Waals surface area contributed by atoms with Crippen molar-refractivity contribution in [3.8, 4) is 0 Å². The van der Waals surface area contributed by atoms with Crippen LogP contribution in [0.15, 0.2) is 24.3 Å². The van der Waals surface area contributed by atoms with E-state index >= 15 is 0 Å². The third-order valence-corrected chi connectivity index (χ3v) is 4.84. The van der Waals surface area contributed by atoms with Crippen LogP contribution in [0.2, 0.25) is 0 Å². The van der Waals surface area contributed by atoms with E-state index in [0.29, 0.717) is 0 Å². The van der Waals surface area contributed by atoms with Gasteiger partial charge in [-0.2, -0.15) is 0 Å². The Morgan fingerprint density at radius 2 is 2.04 bits per heavy atom. The number of hydrogen-bond acceptors (Lipinski definition) is 4. The monoisotopic (exact) mass is 316 g/mol. The Labute approximate surface area is 139 Å². The molecule has 23 heavy (non-hydrogen) atoms. The molecule has 0 bridgehead atoms. The molecule has 2 heterocycles. The number of aryl methyl sites for hydroxylation is 1. The lowest BCUT2D eigenvalue weighted by atomic mass is 10.0. The number of nitrogens with one attached hydrogen (secondary N) is 2. The molecule has 0 unspecified atom stereocenters. The maximum atomic E-state index is 11.7. The van der Waals surface area contributed by atoms with Crippen LogP contribution in [-0.4, -0.2) is 63.2 Å². The molecule has 5 heteroatoms. The van der Waals surface area contributed by atoms with Crippen LogP contribution in [-0.2, 0) is 4.79 Å². The van der Waals surface area contributed by atoms with Gasteiger partial charge in [-0.05, 0) is 37.6 Å². The minimum atomic E-state index is 0.202. The smallest absolute Gasteiger partial charge is 0.225 e. The third kappa shape index (κ3) is 4.45. The predicted molar refractivity (Wildman–Crippen MR) is 93.8 cm³/mol. The van der Waals surface area contributed by atoms with Gasteiger partial charge >= 0.3 is 0 Å². The molecule has 0 radical (unpaired) electrons. The number of nitrogens with zero attached hydrogens (tertiary/aromatic N) is 2. The van der Waals surface area contributed by atoms with E-state index < -0.39 is 0 Å². The summed E-state index contributed by atoms with van der Waals surface area (Å²) in [6.07, 6.45) is 1.04. The first-order valence-corrected chi connectivity index (χ1v) is 8.75. The number of hydrogen-bond donors (Lipinski definition) is 2. The van der Waals surface area contributed by atoms with Crippen molar-refractivity contribution in [2.45, 2.75) is 13.3 Å². The summed E-state index contributed by atoms with van der Waals surface area (Å²) in [6, 6.07) is 8.75. The molecule has 2 fully saturated rings. The van der Waals surface area contributed by atoms with Crippen molar-refractivity contribution >= 4 is 11.6 Å². The average Bonchev–Trinajstić information content (AvgIpc) is 2.50. The zero-order valence-corrected chi connectivity index (χ0v) is 14.1. The van der Waals surface area contributed by atoms with Crippen molar-refractivity contribution in [3.63, 3.8) is 0 Å². The Morgan fingerprint density at radius 3 is 2.70 bits per heavy atom. The Bertz CT molecular complexity index is 522. The highest BCUT2D eigenvalue weighted by Gasteiger charge is 2.24. The Kier molecular flexibility index (Phi) is 5.51. The van der Waals surface area contributed by atoms with Crippen LogP contribution in [0, 0.1) is 12.8 Å². The van der Waals surface area contributed by atoms with E-state index in [0.717, 1.165) is 58.8 Å². The number of piperazine rings is 1. The molecule has 1 aromatic rings. The zero-order chi connectivity index (χ0) is 16.1. The molecule has 2 aliphatic heterocycles. The number of carbonyl (C=O) groups excluding carboxylic acids is 1. The molecule has 2 aliphatic rings. The second-order valence-corrected chi connectivity index (χ2v) is 6.67. The number of anilines is 1. The molecule has 1 aromatic carbocycles. The molecule has 2 N–H and O–H groups in total. The van der Waals surface area contributed by atoms with Crippen molar-refractivity contribution in [1.29, 1.82) is 0 Å². The molecule has 0 aromatic heterocycles. The van der Waals surface area contributed by atoms with Gasteiger partial charge in [0.15, 0.2) is 0 Å². The van der Waals surface area contributed by atoms with Crippen molar-refractivity contribution in [1.82, 2.24) is 15.5 Å². The van der Waals surface area contributed by atoms with Crippen molar-refractivity contribution in [2.24, 2.45) is 5.92 Å². The summed E-state index contributed by atoms with van der Waals surface area (Å²) in [5, 5.41) is 6.18. The molecule has 0 atom stereocenters. The molecular weight excluding hydrogens is 288 g/mol. The van der Waals surface area contributed by atoms with E-state index in [2.05, 4.69) is 51.6 Å². The number of rotatable bonds is 6. The standard InChI is InChI=1S/C18H28N4O/c1-15-4-2-5-17(12-15)22-10-8-21(9-11-22)7-3-6-20-18(23)16-13-19-14-16/h2,4-5,12,16,19H,3,6-11,13-14H2,1H3,(H,20,23). The fraction of sp³-hybridized carbons (Fsp3) is 0.611.